The lowest BCUT2D eigenvalue weighted by Gasteiger charge is -2.08. The van der Waals surface area contributed by atoms with Gasteiger partial charge in [-0.3, -0.25) is 0 Å². The summed E-state index contributed by atoms with van der Waals surface area (Å²) < 4.78 is 34.3. The first-order valence-electron chi connectivity index (χ1n) is 33.8. The molecule has 0 atom stereocenters. The molecule has 102 heavy (non-hydrogen) atoms. The van der Waals surface area contributed by atoms with Gasteiger partial charge in [-0.2, -0.15) is 0 Å². The van der Waals surface area contributed by atoms with E-state index >= 15 is 0 Å². The molecule has 15 aromatic carbocycles. The molecular formula is C90H54BBr2N3O6. The molecule has 0 radical (unpaired) electrons. The zero-order valence-corrected chi connectivity index (χ0v) is 57.4. The highest BCUT2D eigenvalue weighted by molar-refractivity contribution is 9.10. The van der Waals surface area contributed by atoms with Crippen LogP contribution in [-0.4, -0.2) is 30.9 Å². The van der Waals surface area contributed by atoms with Gasteiger partial charge in [0.15, 0.2) is 22.3 Å². The summed E-state index contributed by atoms with van der Waals surface area (Å²) >= 11 is 7.04. The Hall–Kier alpha value is -12.2. The number of aromatic nitrogens is 3. The average Bonchev–Trinajstić information content (AvgIpc) is 1.66. The fourth-order valence-corrected chi connectivity index (χ4v) is 16.2. The fraction of sp³-hybridized carbons (Fsp3) is 0. The van der Waals surface area contributed by atoms with E-state index in [4.69, 9.17) is 17.7 Å². The third-order valence-electron chi connectivity index (χ3n) is 20.1. The average molecular weight is 1440 g/mol. The van der Waals surface area contributed by atoms with Crippen LogP contribution in [0.15, 0.2) is 342 Å². The SMILES string of the molecule is Brc1ccc2oc3c(ccc4c5cc(Br)ccc5oc43)c2c1.OB(O)c1ccc2c(c1)c1ccccc1n2-c1ccccc1.c1ccc(-n2c3ccccc3c3cc(-c4ccc5oc6c(ccc7c8cc(-c9ccc%10c(c9)c9ccccc9n%10-c9ccccc9)ccc8oc76)c5c4)ccc32)cc1. The first-order valence-corrected chi connectivity index (χ1v) is 35.4. The number of para-hydroxylation sites is 6. The zero-order chi connectivity index (χ0) is 67.8. The van der Waals surface area contributed by atoms with Crippen LogP contribution in [0.5, 0.6) is 0 Å². The second-order valence-corrected chi connectivity index (χ2v) is 27.8. The van der Waals surface area contributed by atoms with Gasteiger partial charge in [0, 0.05) is 101 Å². The summed E-state index contributed by atoms with van der Waals surface area (Å²) in [7, 11) is -1.46. The quantitative estimate of drug-likeness (QED) is 0.161. The maximum Gasteiger partial charge on any atom is 0.488 e. The van der Waals surface area contributed by atoms with Gasteiger partial charge in [-0.25, -0.2) is 0 Å². The number of fused-ring (bicyclic) bond motifs is 23. The molecule has 0 amide bonds. The molecule has 0 fully saturated rings. The van der Waals surface area contributed by atoms with E-state index < -0.39 is 7.12 Å². The predicted molar refractivity (Wildman–Crippen MR) is 428 cm³/mol. The van der Waals surface area contributed by atoms with Crippen molar-refractivity contribution in [2.75, 3.05) is 0 Å². The Bertz CT molecular complexity index is 6800. The third-order valence-corrected chi connectivity index (χ3v) is 21.1. The van der Waals surface area contributed by atoms with E-state index in [1.807, 2.05) is 66.7 Å². The lowest BCUT2D eigenvalue weighted by molar-refractivity contribution is 0.426. The number of nitrogens with zero attached hydrogens (tertiary/aromatic N) is 3. The maximum absolute atomic E-state index is 9.43. The Morgan fingerprint density at radius 2 is 0.500 bits per heavy atom. The molecule has 0 saturated carbocycles. The number of hydrogen-bond acceptors (Lipinski definition) is 6. The molecule has 22 rings (SSSR count). The van der Waals surface area contributed by atoms with Gasteiger partial charge in [0.25, 0.3) is 0 Å². The molecule has 2 N–H and O–H groups in total. The smallest absolute Gasteiger partial charge is 0.452 e. The summed E-state index contributed by atoms with van der Waals surface area (Å²) in [6, 6.07) is 110. The van der Waals surface area contributed by atoms with E-state index in [9.17, 15) is 10.0 Å². The zero-order valence-electron chi connectivity index (χ0n) is 54.2. The van der Waals surface area contributed by atoms with Crippen LogP contribution in [-0.2, 0) is 0 Å². The Morgan fingerprint density at radius 3 is 0.853 bits per heavy atom. The van der Waals surface area contributed by atoms with Crippen LogP contribution in [0.25, 0.3) is 192 Å². The lowest BCUT2D eigenvalue weighted by atomic mass is 9.80. The van der Waals surface area contributed by atoms with Gasteiger partial charge in [-0.1, -0.05) is 177 Å². The minimum Gasteiger partial charge on any atom is -0.452 e. The van der Waals surface area contributed by atoms with Gasteiger partial charge in [0.05, 0.1) is 33.1 Å². The Morgan fingerprint density at radius 1 is 0.225 bits per heavy atom. The normalized spacial score (nSPS) is 11.9. The second kappa shape index (κ2) is 23.8. The van der Waals surface area contributed by atoms with Crippen LogP contribution in [0.3, 0.4) is 0 Å². The second-order valence-electron chi connectivity index (χ2n) is 25.9. The number of halogens is 2. The third kappa shape index (κ3) is 9.66. The van der Waals surface area contributed by atoms with Crippen molar-refractivity contribution in [1.29, 1.82) is 0 Å². The van der Waals surface area contributed by atoms with Crippen molar-refractivity contribution >= 4 is 198 Å². The van der Waals surface area contributed by atoms with Crippen molar-refractivity contribution in [3.05, 3.63) is 324 Å². The molecule has 0 bridgehead atoms. The summed E-state index contributed by atoms with van der Waals surface area (Å²) in [5.41, 5.74) is 22.1. The van der Waals surface area contributed by atoms with Gasteiger partial charge in [0.2, 0.25) is 0 Å². The largest absolute Gasteiger partial charge is 0.488 e. The standard InChI is InChI=1S/C54H32N2O2.C18H14BNO2.C18H8Br2O2/c1-3-11-37(12-4-1)55-47-17-9-7-15-39(47)43-29-33(19-25-49(43)55)35-21-27-51-45(31-35)41-23-24-42-46-32-36(22-28-52(46)58-54(42)53(41)57-51)34-20-26-50-44(30-34)40-16-8-10-18-48(40)56(50)38-13-5-2-6-14-38;21-19(22)13-10-11-18-16(12-13)15-8-4-5-9-17(15)20(18)14-6-2-1-3-7-14;19-9-1-5-15-13(7-9)11-3-4-12-14-8-10(20)2-6-16(14)22-18(12)17(11)21-15/h1-32H;1-12,21-22H;1-8H. The Balaban J connectivity index is 0.000000128. The van der Waals surface area contributed by atoms with E-state index in [0.717, 1.165) is 147 Å². The number of hydrogen-bond donors (Lipinski definition) is 2. The molecule has 482 valence electrons. The van der Waals surface area contributed by atoms with Crippen molar-refractivity contribution in [2.24, 2.45) is 0 Å². The summed E-state index contributed by atoms with van der Waals surface area (Å²) in [4.78, 5) is 0. The highest BCUT2D eigenvalue weighted by Gasteiger charge is 2.22. The van der Waals surface area contributed by atoms with Crippen molar-refractivity contribution in [3.63, 3.8) is 0 Å². The molecule has 9 nitrogen and oxygen atoms in total. The maximum atomic E-state index is 9.43. The molecule has 7 heterocycles. The van der Waals surface area contributed by atoms with E-state index in [1.165, 1.54) is 54.7 Å². The molecular weight excluding hydrogens is 1390 g/mol. The van der Waals surface area contributed by atoms with Gasteiger partial charge >= 0.3 is 7.12 Å². The minimum absolute atomic E-state index is 0.503. The van der Waals surface area contributed by atoms with Gasteiger partial charge in [-0.05, 0) is 198 Å². The van der Waals surface area contributed by atoms with Crippen LogP contribution >= 0.6 is 31.9 Å². The summed E-state index contributed by atoms with van der Waals surface area (Å²) in [6.45, 7) is 0. The van der Waals surface area contributed by atoms with E-state index in [-0.39, 0.29) is 0 Å². The molecule has 0 saturated heterocycles. The van der Waals surface area contributed by atoms with E-state index in [2.05, 4.69) is 288 Å². The summed E-state index contributed by atoms with van der Waals surface area (Å²) in [6.07, 6.45) is 0. The summed E-state index contributed by atoms with van der Waals surface area (Å²) in [5, 5.41) is 34.5. The number of furan rings is 4. The van der Waals surface area contributed by atoms with Crippen LogP contribution in [0, 0.1) is 0 Å². The van der Waals surface area contributed by atoms with Crippen LogP contribution < -0.4 is 5.46 Å². The molecule has 0 unspecified atom stereocenters. The fourth-order valence-electron chi connectivity index (χ4n) is 15.5. The van der Waals surface area contributed by atoms with Crippen LogP contribution in [0.2, 0.25) is 0 Å². The lowest BCUT2D eigenvalue weighted by Crippen LogP contribution is -2.29. The Kier molecular flexibility index (Phi) is 13.9. The number of rotatable bonds is 6. The van der Waals surface area contributed by atoms with Crippen molar-refractivity contribution < 1.29 is 27.7 Å². The minimum atomic E-state index is -1.46. The Labute approximate surface area is 598 Å². The molecule has 22 aromatic rings. The number of benzene rings is 15. The molecule has 12 heteroatoms. The molecule has 0 aliphatic carbocycles. The van der Waals surface area contributed by atoms with Crippen molar-refractivity contribution in [3.8, 4) is 39.3 Å². The molecule has 0 spiro atoms. The molecule has 0 aliphatic heterocycles. The summed E-state index contributed by atoms with van der Waals surface area (Å²) in [5.74, 6) is 0. The van der Waals surface area contributed by atoms with Crippen LogP contribution in [0.1, 0.15) is 0 Å². The first kappa shape index (κ1) is 59.9. The van der Waals surface area contributed by atoms with Gasteiger partial charge in [-0.15, -0.1) is 0 Å². The highest BCUT2D eigenvalue weighted by atomic mass is 79.9. The monoisotopic (exact) mass is 1440 g/mol. The highest BCUT2D eigenvalue weighted by Crippen LogP contribution is 2.45. The topological polar surface area (TPSA) is 108 Å². The van der Waals surface area contributed by atoms with Crippen LogP contribution in [0.4, 0.5) is 0 Å². The van der Waals surface area contributed by atoms with Crippen molar-refractivity contribution in [2.45, 2.75) is 0 Å². The molecule has 0 aliphatic rings. The van der Waals surface area contributed by atoms with Crippen molar-refractivity contribution in [1.82, 2.24) is 13.7 Å². The van der Waals surface area contributed by atoms with Gasteiger partial charge in [0.1, 0.15) is 22.3 Å². The van der Waals surface area contributed by atoms with E-state index in [0.29, 0.717) is 5.46 Å². The van der Waals surface area contributed by atoms with Gasteiger partial charge < -0.3 is 41.4 Å². The first-order chi connectivity index (χ1) is 50.2. The predicted octanol–water partition coefficient (Wildman–Crippen LogP) is 24.5. The van der Waals surface area contributed by atoms with E-state index in [1.54, 1.807) is 6.07 Å². The molecule has 7 aromatic heterocycles.